The van der Waals surface area contributed by atoms with Crippen molar-refractivity contribution in [1.29, 1.82) is 0 Å². The number of para-hydroxylation sites is 1. The van der Waals surface area contributed by atoms with Crippen molar-refractivity contribution in [3.05, 3.63) is 76.5 Å². The second-order valence-corrected chi connectivity index (χ2v) is 6.40. The zero-order valence-corrected chi connectivity index (χ0v) is 14.1. The summed E-state index contributed by atoms with van der Waals surface area (Å²) in [7, 11) is 1.90. The topological polar surface area (TPSA) is 36.7 Å². The molecule has 0 aliphatic rings. The molecule has 4 heteroatoms. The van der Waals surface area contributed by atoms with Gasteiger partial charge in [-0.3, -0.25) is 4.79 Å². The minimum atomic E-state index is -0.00266. The van der Waals surface area contributed by atoms with Crippen LogP contribution in [-0.4, -0.2) is 10.8 Å². The lowest BCUT2D eigenvalue weighted by molar-refractivity contribution is -0.672. The van der Waals surface area contributed by atoms with Crippen molar-refractivity contribution in [1.82, 2.24) is 4.98 Å². The second-order valence-electron chi connectivity index (χ2n) is 5.54. The minimum absolute atomic E-state index is 0.00266. The van der Waals surface area contributed by atoms with Crippen molar-refractivity contribution in [3.63, 3.8) is 0 Å². The number of aryl methyl sites for hydroxylation is 1. The van der Waals surface area contributed by atoms with E-state index in [0.29, 0.717) is 11.3 Å². The van der Waals surface area contributed by atoms with Gasteiger partial charge in [-0.2, -0.15) is 4.57 Å². The molecule has 3 nitrogen and oxygen atoms in total. The van der Waals surface area contributed by atoms with E-state index in [2.05, 4.69) is 27.0 Å². The van der Waals surface area contributed by atoms with Gasteiger partial charge >= 0.3 is 0 Å². The summed E-state index contributed by atoms with van der Waals surface area (Å²) in [6.45, 7) is 0. The first-order valence-corrected chi connectivity index (χ1v) is 8.14. The van der Waals surface area contributed by atoms with Crippen LogP contribution >= 0.6 is 15.9 Å². The molecular formula is C19H14BrN2O+. The van der Waals surface area contributed by atoms with E-state index in [0.717, 1.165) is 26.3 Å². The lowest BCUT2D eigenvalue weighted by atomic mass is 10.1. The van der Waals surface area contributed by atoms with E-state index >= 15 is 0 Å². The Morgan fingerprint density at radius 3 is 2.57 bits per heavy atom. The molecular weight excluding hydrogens is 352 g/mol. The van der Waals surface area contributed by atoms with Gasteiger partial charge in [-0.15, -0.1) is 0 Å². The summed E-state index contributed by atoms with van der Waals surface area (Å²) in [5, 5.41) is 2.19. The van der Waals surface area contributed by atoms with Crippen molar-refractivity contribution in [2.24, 2.45) is 7.05 Å². The molecule has 0 unspecified atom stereocenters. The minimum Gasteiger partial charge on any atom is -0.349 e. The number of nitrogens with one attached hydrogen (secondary N) is 1. The van der Waals surface area contributed by atoms with E-state index in [4.69, 9.17) is 0 Å². The number of fused-ring (bicyclic) bond motifs is 3. The van der Waals surface area contributed by atoms with Crippen molar-refractivity contribution >= 4 is 43.5 Å². The van der Waals surface area contributed by atoms with Gasteiger partial charge in [-0.25, -0.2) is 0 Å². The maximum atomic E-state index is 13.1. The molecule has 0 radical (unpaired) electrons. The number of aromatic amines is 1. The van der Waals surface area contributed by atoms with Crippen LogP contribution in [0.3, 0.4) is 0 Å². The van der Waals surface area contributed by atoms with Gasteiger partial charge in [0.15, 0.2) is 6.20 Å². The van der Waals surface area contributed by atoms with Gasteiger partial charge in [0.05, 0.1) is 0 Å². The fourth-order valence-corrected chi connectivity index (χ4v) is 3.47. The van der Waals surface area contributed by atoms with Crippen LogP contribution in [-0.2, 0) is 7.05 Å². The molecule has 1 N–H and O–H groups in total. The van der Waals surface area contributed by atoms with Gasteiger partial charge in [0, 0.05) is 32.4 Å². The van der Waals surface area contributed by atoms with E-state index in [9.17, 15) is 4.79 Å². The third-order valence-electron chi connectivity index (χ3n) is 4.13. The molecule has 2 heterocycles. The molecule has 4 aromatic rings. The number of pyridine rings is 1. The molecule has 2 aromatic carbocycles. The first-order chi connectivity index (χ1) is 11.2. The quantitative estimate of drug-likeness (QED) is 0.420. The molecule has 23 heavy (non-hydrogen) atoms. The number of carbonyl (C=O) groups is 1. The van der Waals surface area contributed by atoms with Crippen molar-refractivity contribution < 1.29 is 9.36 Å². The highest BCUT2D eigenvalue weighted by atomic mass is 79.9. The zero-order chi connectivity index (χ0) is 16.0. The molecule has 0 saturated carbocycles. The van der Waals surface area contributed by atoms with Gasteiger partial charge in [0.1, 0.15) is 12.6 Å². The average molecular weight is 366 g/mol. The number of hydrogen-bond acceptors (Lipinski definition) is 1. The van der Waals surface area contributed by atoms with Crippen LogP contribution in [0.15, 0.2) is 65.3 Å². The number of hydrogen-bond donors (Lipinski definition) is 1. The monoisotopic (exact) mass is 365 g/mol. The van der Waals surface area contributed by atoms with Crippen LogP contribution in [0.5, 0.6) is 0 Å². The van der Waals surface area contributed by atoms with Gasteiger partial charge < -0.3 is 4.98 Å². The highest BCUT2D eigenvalue weighted by Gasteiger charge is 2.26. The summed E-state index contributed by atoms with van der Waals surface area (Å²) >= 11 is 3.48. The fraction of sp³-hybridized carbons (Fsp3) is 0.0526. The Kier molecular flexibility index (Phi) is 3.27. The number of aromatic nitrogens is 2. The number of nitrogens with zero attached hydrogens (tertiary/aromatic N) is 1. The first-order valence-electron chi connectivity index (χ1n) is 7.35. The number of ketones is 1. The van der Waals surface area contributed by atoms with Crippen molar-refractivity contribution in [2.75, 3.05) is 0 Å². The van der Waals surface area contributed by atoms with E-state index < -0.39 is 0 Å². The molecule has 0 spiro atoms. The average Bonchev–Trinajstić information content (AvgIpc) is 2.93. The zero-order valence-electron chi connectivity index (χ0n) is 12.5. The number of H-pyrrole nitrogens is 1. The van der Waals surface area contributed by atoms with Gasteiger partial charge in [-0.1, -0.05) is 46.3 Å². The fourth-order valence-electron chi connectivity index (χ4n) is 3.01. The van der Waals surface area contributed by atoms with Gasteiger partial charge in [0.25, 0.3) is 11.5 Å². The predicted molar refractivity (Wildman–Crippen MR) is 94.6 cm³/mol. The van der Waals surface area contributed by atoms with E-state index in [1.165, 1.54) is 0 Å². The van der Waals surface area contributed by atoms with Gasteiger partial charge in [0.2, 0.25) is 0 Å². The van der Waals surface area contributed by atoms with E-state index in [1.54, 1.807) is 0 Å². The Bertz CT molecular complexity index is 1070. The third-order valence-corrected chi connectivity index (χ3v) is 4.83. The van der Waals surface area contributed by atoms with Crippen LogP contribution in [0.25, 0.3) is 21.8 Å². The van der Waals surface area contributed by atoms with Crippen LogP contribution < -0.4 is 4.57 Å². The normalized spacial score (nSPS) is 11.2. The summed E-state index contributed by atoms with van der Waals surface area (Å²) in [5.74, 6) is -0.00266. The number of carbonyl (C=O) groups excluding carboxylic acids is 1. The maximum Gasteiger partial charge on any atom is 0.277 e. The molecule has 112 valence electrons. The SMILES string of the molecule is C[n+]1ccc2c([nH]c3ccccc32)c1C(=O)c1ccccc1Br. The highest BCUT2D eigenvalue weighted by molar-refractivity contribution is 9.10. The molecule has 0 saturated heterocycles. The molecule has 0 amide bonds. The van der Waals surface area contributed by atoms with Crippen LogP contribution in [0.1, 0.15) is 16.1 Å². The number of halogens is 1. The Labute approximate surface area is 141 Å². The first kappa shape index (κ1) is 14.2. The Morgan fingerprint density at radius 2 is 1.74 bits per heavy atom. The second kappa shape index (κ2) is 5.32. The maximum absolute atomic E-state index is 13.1. The Balaban J connectivity index is 2.05. The lowest BCUT2D eigenvalue weighted by Gasteiger charge is -2.03. The van der Waals surface area contributed by atoms with Crippen LogP contribution in [0, 0.1) is 0 Å². The predicted octanol–water partition coefficient (Wildman–Crippen LogP) is 4.14. The van der Waals surface area contributed by atoms with E-state index in [-0.39, 0.29) is 5.78 Å². The van der Waals surface area contributed by atoms with Crippen LogP contribution in [0.4, 0.5) is 0 Å². The molecule has 0 atom stereocenters. The lowest BCUT2D eigenvalue weighted by Crippen LogP contribution is -2.36. The summed E-state index contributed by atoms with van der Waals surface area (Å²) in [4.78, 5) is 16.5. The molecule has 4 rings (SSSR count). The van der Waals surface area contributed by atoms with Crippen molar-refractivity contribution in [3.8, 4) is 0 Å². The van der Waals surface area contributed by atoms with E-state index in [1.807, 2.05) is 66.3 Å². The number of rotatable bonds is 2. The summed E-state index contributed by atoms with van der Waals surface area (Å²) < 4.78 is 2.68. The van der Waals surface area contributed by atoms with Crippen LogP contribution in [0.2, 0.25) is 0 Å². The summed E-state index contributed by atoms with van der Waals surface area (Å²) in [6, 6.07) is 17.7. The van der Waals surface area contributed by atoms with Gasteiger partial charge in [-0.05, 0) is 18.2 Å². The molecule has 0 aliphatic carbocycles. The summed E-state index contributed by atoms with van der Waals surface area (Å²) in [5.41, 5.74) is 3.23. The standard InChI is InChI=1S/C19H13BrN2O/c1-22-11-10-13-12-6-3-5-9-16(12)21-17(13)18(22)19(23)14-7-2-4-8-15(14)20/h2-11H,1H3/p+1. The molecule has 0 fully saturated rings. The third kappa shape index (κ3) is 2.18. The molecule has 0 aliphatic heterocycles. The molecule has 2 aromatic heterocycles. The van der Waals surface area contributed by atoms with Crippen molar-refractivity contribution in [2.45, 2.75) is 0 Å². The Morgan fingerprint density at radius 1 is 1.00 bits per heavy atom. The highest BCUT2D eigenvalue weighted by Crippen LogP contribution is 2.28. The summed E-state index contributed by atoms with van der Waals surface area (Å²) in [6.07, 6.45) is 1.94. The Hall–Kier alpha value is -2.46. The number of benzene rings is 2. The smallest absolute Gasteiger partial charge is 0.277 e. The molecule has 0 bridgehead atoms. The largest absolute Gasteiger partial charge is 0.349 e.